The fourth-order valence-electron chi connectivity index (χ4n) is 3.42. The van der Waals surface area contributed by atoms with Crippen molar-refractivity contribution in [3.05, 3.63) is 102 Å². The number of benzene rings is 3. The number of aryl methyl sites for hydroxylation is 1. The minimum absolute atomic E-state index is 0. The molecule has 0 N–H and O–H groups in total. The van der Waals surface area contributed by atoms with E-state index >= 15 is 0 Å². The van der Waals surface area contributed by atoms with Gasteiger partial charge in [0, 0.05) is 38.0 Å². The summed E-state index contributed by atoms with van der Waals surface area (Å²) >= 11 is 0. The zero-order valence-corrected chi connectivity index (χ0v) is 18.2. The summed E-state index contributed by atoms with van der Waals surface area (Å²) in [7, 11) is 0. The zero-order valence-electron chi connectivity index (χ0n) is 15.9. The Labute approximate surface area is 180 Å². The molecular weight excluding hydrogens is 525 g/mol. The average molecular weight is 548 g/mol. The van der Waals surface area contributed by atoms with E-state index in [1.54, 1.807) is 0 Å². The van der Waals surface area contributed by atoms with Crippen LogP contribution in [0.25, 0.3) is 5.69 Å². The zero-order chi connectivity index (χ0) is 18.6. The van der Waals surface area contributed by atoms with Crippen molar-refractivity contribution in [2.45, 2.75) is 20.3 Å². The Morgan fingerprint density at radius 1 is 0.857 bits per heavy atom. The predicted molar refractivity (Wildman–Crippen MR) is 111 cm³/mol. The molecule has 3 nitrogen and oxygen atoms in total. The first kappa shape index (κ1) is 20.1. The Kier molecular flexibility index (Phi) is 6.48. The van der Waals surface area contributed by atoms with E-state index < -0.39 is 0 Å². The van der Waals surface area contributed by atoms with Crippen LogP contribution in [0, 0.1) is 13.0 Å². The smallest absolute Gasteiger partial charge is 0.142 e. The molecule has 3 aromatic carbocycles. The number of aromatic nitrogens is 2. The van der Waals surface area contributed by atoms with Crippen LogP contribution >= 0.6 is 0 Å². The van der Waals surface area contributed by atoms with Gasteiger partial charge in [-0.1, -0.05) is 43.3 Å². The molecule has 4 aromatic rings. The van der Waals surface area contributed by atoms with Gasteiger partial charge in [0.1, 0.15) is 5.82 Å². The molecule has 0 saturated heterocycles. The molecule has 1 heterocycles. The molecule has 0 saturated carbocycles. The Balaban J connectivity index is 0.00000225. The minimum atomic E-state index is 0. The van der Waals surface area contributed by atoms with Gasteiger partial charge in [-0.2, -0.15) is 29.4 Å². The maximum atomic E-state index is 4.87. The van der Waals surface area contributed by atoms with Crippen molar-refractivity contribution in [3.8, 4) is 5.69 Å². The predicted octanol–water partition coefficient (Wildman–Crippen LogP) is 6.01. The van der Waals surface area contributed by atoms with Crippen molar-refractivity contribution in [3.63, 3.8) is 0 Å². The maximum absolute atomic E-state index is 4.87. The van der Waals surface area contributed by atoms with Crippen LogP contribution in [0.15, 0.2) is 84.9 Å². The summed E-state index contributed by atoms with van der Waals surface area (Å²) in [5.41, 5.74) is 5.43. The van der Waals surface area contributed by atoms with Crippen LogP contribution in [-0.2, 0) is 27.5 Å². The molecular formula is C24H22N3Pt-. The largest absolute Gasteiger partial charge is 0.295 e. The second-order valence-corrected chi connectivity index (χ2v) is 6.41. The summed E-state index contributed by atoms with van der Waals surface area (Å²) in [5, 5.41) is 4.87. The van der Waals surface area contributed by atoms with Crippen LogP contribution in [0.1, 0.15) is 18.2 Å². The van der Waals surface area contributed by atoms with E-state index in [1.165, 1.54) is 5.56 Å². The van der Waals surface area contributed by atoms with Crippen LogP contribution in [0.3, 0.4) is 0 Å². The van der Waals surface area contributed by atoms with Crippen molar-refractivity contribution in [2.75, 3.05) is 4.90 Å². The first-order chi connectivity index (χ1) is 13.3. The van der Waals surface area contributed by atoms with E-state index in [2.05, 4.69) is 73.3 Å². The normalized spacial score (nSPS) is 10.4. The molecule has 0 radical (unpaired) electrons. The SMILES string of the molecule is CCc1c(C)nn(-c2[c-]cccc2)c1N(c1ccccc1)c1ccccc1.[Pt]. The monoisotopic (exact) mass is 547 g/mol. The molecule has 0 fully saturated rings. The second kappa shape index (κ2) is 9.03. The number of anilines is 3. The van der Waals surface area contributed by atoms with Gasteiger partial charge in [-0.25, -0.2) is 4.68 Å². The molecule has 28 heavy (non-hydrogen) atoms. The van der Waals surface area contributed by atoms with Crippen LogP contribution in [0.2, 0.25) is 0 Å². The minimum Gasteiger partial charge on any atom is -0.295 e. The topological polar surface area (TPSA) is 21.1 Å². The summed E-state index contributed by atoms with van der Waals surface area (Å²) < 4.78 is 2.01. The van der Waals surface area contributed by atoms with Gasteiger partial charge in [-0.15, -0.1) is 6.07 Å². The molecule has 0 aliphatic heterocycles. The van der Waals surface area contributed by atoms with Crippen LogP contribution in [-0.4, -0.2) is 9.78 Å². The molecule has 0 atom stereocenters. The van der Waals surface area contributed by atoms with E-state index in [-0.39, 0.29) is 21.1 Å². The number of rotatable bonds is 5. The van der Waals surface area contributed by atoms with Crippen molar-refractivity contribution in [1.82, 2.24) is 9.78 Å². The molecule has 144 valence electrons. The molecule has 0 aliphatic rings. The number of para-hydroxylation sites is 3. The van der Waals surface area contributed by atoms with Crippen molar-refractivity contribution >= 4 is 17.2 Å². The Morgan fingerprint density at radius 3 is 1.93 bits per heavy atom. The average Bonchev–Trinajstić information content (AvgIpc) is 3.06. The van der Waals surface area contributed by atoms with E-state index in [0.29, 0.717) is 0 Å². The summed E-state index contributed by atoms with van der Waals surface area (Å²) in [5.74, 6) is 1.06. The molecule has 0 unspecified atom stereocenters. The van der Waals surface area contributed by atoms with Crippen LogP contribution in [0.5, 0.6) is 0 Å². The van der Waals surface area contributed by atoms with E-state index in [0.717, 1.165) is 35.0 Å². The summed E-state index contributed by atoms with van der Waals surface area (Å²) in [4.78, 5) is 2.28. The van der Waals surface area contributed by atoms with Crippen molar-refractivity contribution in [2.24, 2.45) is 0 Å². The van der Waals surface area contributed by atoms with Gasteiger partial charge in [0.05, 0.1) is 5.69 Å². The summed E-state index contributed by atoms with van der Waals surface area (Å²) in [6, 6.07) is 32.2. The van der Waals surface area contributed by atoms with E-state index in [9.17, 15) is 0 Å². The van der Waals surface area contributed by atoms with Crippen LogP contribution in [0.4, 0.5) is 17.2 Å². The second-order valence-electron chi connectivity index (χ2n) is 6.41. The van der Waals surface area contributed by atoms with Gasteiger partial charge in [0.25, 0.3) is 0 Å². The van der Waals surface area contributed by atoms with Crippen molar-refractivity contribution < 1.29 is 21.1 Å². The standard InChI is InChI=1S/C24H22N3.Pt/c1-3-23-19(2)25-27(22-17-11-6-12-18-22)24(23)26(20-13-7-4-8-14-20)21-15-9-5-10-16-21;/h4-17H,3H2,1-2H3;/q-1;. The Morgan fingerprint density at radius 2 is 1.43 bits per heavy atom. The van der Waals surface area contributed by atoms with Gasteiger partial charge in [-0.3, -0.25) is 4.90 Å². The molecule has 0 bridgehead atoms. The molecule has 0 amide bonds. The quantitative estimate of drug-likeness (QED) is 0.286. The summed E-state index contributed by atoms with van der Waals surface area (Å²) in [6.07, 6.45) is 0.907. The van der Waals surface area contributed by atoms with Gasteiger partial charge >= 0.3 is 0 Å². The van der Waals surface area contributed by atoms with Gasteiger partial charge in [0.2, 0.25) is 0 Å². The molecule has 0 aliphatic carbocycles. The summed E-state index contributed by atoms with van der Waals surface area (Å²) in [6.45, 7) is 4.26. The van der Waals surface area contributed by atoms with E-state index in [4.69, 9.17) is 5.10 Å². The number of nitrogens with zero attached hydrogens (tertiary/aromatic N) is 3. The maximum Gasteiger partial charge on any atom is 0.142 e. The third-order valence-electron chi connectivity index (χ3n) is 4.67. The Bertz CT molecular complexity index is 972. The fourth-order valence-corrected chi connectivity index (χ4v) is 3.42. The molecule has 1 aromatic heterocycles. The van der Waals surface area contributed by atoms with Crippen molar-refractivity contribution in [1.29, 1.82) is 0 Å². The third-order valence-corrected chi connectivity index (χ3v) is 4.67. The number of hydrogen-bond acceptors (Lipinski definition) is 2. The third kappa shape index (κ3) is 3.81. The molecule has 4 heteroatoms. The fraction of sp³-hybridized carbons (Fsp3) is 0.125. The first-order valence-electron chi connectivity index (χ1n) is 9.25. The number of hydrogen-bond donors (Lipinski definition) is 0. The van der Waals surface area contributed by atoms with Crippen LogP contribution < -0.4 is 4.90 Å². The van der Waals surface area contributed by atoms with E-state index in [1.807, 2.05) is 41.1 Å². The van der Waals surface area contributed by atoms with Gasteiger partial charge in [0.15, 0.2) is 0 Å². The Hall–Kier alpha value is -2.64. The molecule has 0 spiro atoms. The van der Waals surface area contributed by atoms with Gasteiger partial charge in [-0.05, 0) is 43.3 Å². The van der Waals surface area contributed by atoms with Gasteiger partial charge < -0.3 is 0 Å². The first-order valence-corrected chi connectivity index (χ1v) is 9.25. The molecule has 4 rings (SSSR count).